The molecule has 1 aromatic heterocycles. The van der Waals surface area contributed by atoms with E-state index in [0.717, 1.165) is 25.1 Å². The van der Waals surface area contributed by atoms with Gasteiger partial charge < -0.3 is 5.73 Å². The van der Waals surface area contributed by atoms with Gasteiger partial charge in [0.15, 0.2) is 0 Å². The molecule has 0 unspecified atom stereocenters. The molecule has 4 heteroatoms. The summed E-state index contributed by atoms with van der Waals surface area (Å²) < 4.78 is 2.12. The molecule has 12 heavy (non-hydrogen) atoms. The molecule has 0 radical (unpaired) electrons. The van der Waals surface area contributed by atoms with Gasteiger partial charge in [0, 0.05) is 20.1 Å². The standard InChI is InChI=1S/C8H6BrNS2/c9-4-1-5-7(11)3-12-8(5)6(10)2-4/h1-3,11H,10H2. The van der Waals surface area contributed by atoms with Gasteiger partial charge in [0.2, 0.25) is 0 Å². The van der Waals surface area contributed by atoms with Crippen LogP contribution in [0.1, 0.15) is 0 Å². The number of rotatable bonds is 0. The Morgan fingerprint density at radius 2 is 2.17 bits per heavy atom. The molecule has 0 saturated heterocycles. The fraction of sp³-hybridized carbons (Fsp3) is 0. The van der Waals surface area contributed by atoms with E-state index in [0.29, 0.717) is 0 Å². The Hall–Kier alpha value is -0.190. The molecular formula is C8H6BrNS2. The van der Waals surface area contributed by atoms with Gasteiger partial charge in [0.25, 0.3) is 0 Å². The first kappa shape index (κ1) is 8.41. The van der Waals surface area contributed by atoms with Crippen LogP contribution in [0.25, 0.3) is 10.1 Å². The minimum atomic E-state index is 0.810. The maximum Gasteiger partial charge on any atom is 0.0584 e. The lowest BCUT2D eigenvalue weighted by molar-refractivity contribution is 1.65. The largest absolute Gasteiger partial charge is 0.398 e. The van der Waals surface area contributed by atoms with Crippen LogP contribution in [0.5, 0.6) is 0 Å². The predicted octanol–water partition coefficient (Wildman–Crippen LogP) is 3.53. The van der Waals surface area contributed by atoms with E-state index >= 15 is 0 Å². The third-order valence-corrected chi connectivity index (χ3v) is 3.69. The van der Waals surface area contributed by atoms with Gasteiger partial charge in [-0.2, -0.15) is 0 Å². The minimum Gasteiger partial charge on any atom is -0.398 e. The monoisotopic (exact) mass is 259 g/mol. The topological polar surface area (TPSA) is 26.0 Å². The number of halogens is 1. The van der Waals surface area contributed by atoms with E-state index in [1.165, 1.54) is 0 Å². The maximum absolute atomic E-state index is 5.82. The van der Waals surface area contributed by atoms with Crippen molar-refractivity contribution in [2.24, 2.45) is 0 Å². The number of hydrogen-bond donors (Lipinski definition) is 2. The highest BCUT2D eigenvalue weighted by Gasteiger charge is 2.04. The molecule has 2 rings (SSSR count). The van der Waals surface area contributed by atoms with Crippen molar-refractivity contribution in [1.82, 2.24) is 0 Å². The Balaban J connectivity index is 2.92. The van der Waals surface area contributed by atoms with Crippen molar-refractivity contribution in [2.45, 2.75) is 4.90 Å². The number of hydrogen-bond acceptors (Lipinski definition) is 3. The van der Waals surface area contributed by atoms with Crippen molar-refractivity contribution >= 4 is 55.7 Å². The molecule has 1 aromatic carbocycles. The van der Waals surface area contributed by atoms with Crippen molar-refractivity contribution in [3.05, 3.63) is 22.0 Å². The van der Waals surface area contributed by atoms with Gasteiger partial charge in [-0.25, -0.2) is 0 Å². The highest BCUT2D eigenvalue weighted by atomic mass is 79.9. The molecule has 0 aliphatic carbocycles. The summed E-state index contributed by atoms with van der Waals surface area (Å²) in [4.78, 5) is 0.989. The molecule has 1 nitrogen and oxygen atoms in total. The zero-order valence-corrected chi connectivity index (χ0v) is 9.34. The lowest BCUT2D eigenvalue weighted by Gasteiger charge is -1.97. The molecule has 0 saturated carbocycles. The Kier molecular flexibility index (Phi) is 2.06. The number of benzene rings is 1. The molecule has 0 aliphatic heterocycles. The van der Waals surface area contributed by atoms with Crippen LogP contribution in [0.2, 0.25) is 0 Å². The second-order valence-corrected chi connectivity index (χ2v) is 4.77. The first-order valence-electron chi connectivity index (χ1n) is 3.33. The number of thiophene rings is 1. The van der Waals surface area contributed by atoms with Gasteiger partial charge in [-0.15, -0.1) is 24.0 Å². The molecule has 1 heterocycles. The van der Waals surface area contributed by atoms with Crippen LogP contribution in [0.4, 0.5) is 5.69 Å². The predicted molar refractivity (Wildman–Crippen MR) is 61.2 cm³/mol. The van der Waals surface area contributed by atoms with Gasteiger partial charge in [0.1, 0.15) is 0 Å². The van der Waals surface area contributed by atoms with Crippen molar-refractivity contribution in [3.63, 3.8) is 0 Å². The molecule has 62 valence electrons. The average Bonchev–Trinajstić information content (AvgIpc) is 2.33. The third kappa shape index (κ3) is 1.24. The normalized spacial score (nSPS) is 10.8. The lowest BCUT2D eigenvalue weighted by Crippen LogP contribution is -1.83. The Morgan fingerprint density at radius 3 is 2.92 bits per heavy atom. The van der Waals surface area contributed by atoms with E-state index in [-0.39, 0.29) is 0 Å². The van der Waals surface area contributed by atoms with Gasteiger partial charge in [-0.1, -0.05) is 15.9 Å². The molecule has 0 aliphatic rings. The summed E-state index contributed by atoms with van der Waals surface area (Å²) in [5.41, 5.74) is 6.63. The van der Waals surface area contributed by atoms with Crippen LogP contribution >= 0.6 is 39.9 Å². The number of nitrogen functional groups attached to an aromatic ring is 1. The molecule has 2 N–H and O–H groups in total. The second-order valence-electron chi connectivity index (χ2n) is 2.49. The van der Waals surface area contributed by atoms with Crippen LogP contribution in [-0.4, -0.2) is 0 Å². The van der Waals surface area contributed by atoms with E-state index < -0.39 is 0 Å². The summed E-state index contributed by atoms with van der Waals surface area (Å²) in [5, 5.41) is 3.12. The highest BCUT2D eigenvalue weighted by Crippen LogP contribution is 2.35. The Morgan fingerprint density at radius 1 is 1.42 bits per heavy atom. The van der Waals surface area contributed by atoms with Crippen LogP contribution < -0.4 is 5.73 Å². The highest BCUT2D eigenvalue weighted by molar-refractivity contribution is 9.10. The zero-order valence-electron chi connectivity index (χ0n) is 6.04. The van der Waals surface area contributed by atoms with Crippen LogP contribution in [0, 0.1) is 0 Å². The minimum absolute atomic E-state index is 0.810. The van der Waals surface area contributed by atoms with Crippen molar-refractivity contribution in [3.8, 4) is 0 Å². The number of anilines is 1. The van der Waals surface area contributed by atoms with Crippen LogP contribution in [0.15, 0.2) is 26.9 Å². The van der Waals surface area contributed by atoms with Crippen LogP contribution in [-0.2, 0) is 0 Å². The smallest absolute Gasteiger partial charge is 0.0584 e. The number of nitrogens with two attached hydrogens (primary N) is 1. The van der Waals surface area contributed by atoms with Crippen molar-refractivity contribution in [1.29, 1.82) is 0 Å². The molecule has 0 fully saturated rings. The summed E-state index contributed by atoms with van der Waals surface area (Å²) >= 11 is 9.35. The molecule has 0 amide bonds. The second kappa shape index (κ2) is 2.94. The average molecular weight is 260 g/mol. The molecule has 2 aromatic rings. The maximum atomic E-state index is 5.82. The Labute approximate surface area is 88.1 Å². The van der Waals surface area contributed by atoms with E-state index in [4.69, 9.17) is 5.73 Å². The third-order valence-electron chi connectivity index (χ3n) is 1.65. The van der Waals surface area contributed by atoms with Gasteiger partial charge >= 0.3 is 0 Å². The molecule has 0 atom stereocenters. The molecule has 0 spiro atoms. The summed E-state index contributed by atoms with van der Waals surface area (Å²) in [6, 6.07) is 3.94. The fourth-order valence-electron chi connectivity index (χ4n) is 1.11. The summed E-state index contributed by atoms with van der Waals surface area (Å²) in [5.74, 6) is 0. The van der Waals surface area contributed by atoms with Gasteiger partial charge in [0.05, 0.1) is 10.4 Å². The summed E-state index contributed by atoms with van der Waals surface area (Å²) in [6.07, 6.45) is 0. The van der Waals surface area contributed by atoms with E-state index in [9.17, 15) is 0 Å². The van der Waals surface area contributed by atoms with Gasteiger partial charge in [-0.3, -0.25) is 0 Å². The Bertz CT molecular complexity index is 436. The summed E-state index contributed by atoms with van der Waals surface area (Å²) in [6.45, 7) is 0. The first-order valence-corrected chi connectivity index (χ1v) is 5.45. The number of fused-ring (bicyclic) bond motifs is 1. The van der Waals surface area contributed by atoms with Crippen molar-refractivity contribution < 1.29 is 0 Å². The number of thiol groups is 1. The lowest BCUT2D eigenvalue weighted by atomic mass is 10.2. The zero-order chi connectivity index (χ0) is 8.72. The fourth-order valence-corrected chi connectivity index (χ4v) is 2.85. The quantitative estimate of drug-likeness (QED) is 0.550. The van der Waals surface area contributed by atoms with E-state index in [2.05, 4.69) is 28.6 Å². The molecular weight excluding hydrogens is 254 g/mol. The van der Waals surface area contributed by atoms with E-state index in [1.807, 2.05) is 17.5 Å². The summed E-state index contributed by atoms with van der Waals surface area (Å²) in [7, 11) is 0. The van der Waals surface area contributed by atoms with E-state index in [1.54, 1.807) is 11.3 Å². The van der Waals surface area contributed by atoms with Gasteiger partial charge in [-0.05, 0) is 12.1 Å². The first-order chi connectivity index (χ1) is 5.68. The van der Waals surface area contributed by atoms with Crippen LogP contribution in [0.3, 0.4) is 0 Å². The van der Waals surface area contributed by atoms with Crippen molar-refractivity contribution in [2.75, 3.05) is 5.73 Å². The SMILES string of the molecule is Nc1cc(Br)cc2c(S)csc12. The molecule has 0 bridgehead atoms.